The summed E-state index contributed by atoms with van der Waals surface area (Å²) in [6.07, 6.45) is 3.84. The Morgan fingerprint density at radius 3 is 1.83 bits per heavy atom. The van der Waals surface area contributed by atoms with Gasteiger partial charge in [-0.2, -0.15) is 0 Å². The number of nitrogens with two attached hydrogens (primary N) is 4. The molecule has 14 N–H and O–H groups in total. The fourth-order valence-corrected chi connectivity index (χ4v) is 5.90. The summed E-state index contributed by atoms with van der Waals surface area (Å²) in [5, 5.41) is 22.9. The Labute approximate surface area is 318 Å². The SMILES string of the molecule is CC[C@H](C)[C@H](NC(=O)[C@H](C)NC(=O)[C@@H](N)CCCCN)C(=O)N[C@@H](CCCN=C(N)N)C(=O)N[C@H](C(=O)N[C@@H](C)C(=O)N1CCC[C@H]1C(=O)O)[C@@H](C)CC. The molecule has 0 saturated carbocycles. The predicted molar refractivity (Wildman–Crippen MR) is 203 cm³/mol. The van der Waals surface area contributed by atoms with Crippen molar-refractivity contribution in [3.63, 3.8) is 0 Å². The minimum absolute atomic E-state index is 0.0549. The maximum absolute atomic E-state index is 13.9. The van der Waals surface area contributed by atoms with Crippen LogP contribution in [-0.4, -0.2) is 119 Å². The number of aliphatic carboxylic acids is 1. The Kier molecular flexibility index (Phi) is 21.1. The molecule has 308 valence electrons. The third kappa shape index (κ3) is 15.5. The average Bonchev–Trinajstić information content (AvgIpc) is 3.63. The lowest BCUT2D eigenvalue weighted by atomic mass is 9.96. The Morgan fingerprint density at radius 2 is 1.30 bits per heavy atom. The van der Waals surface area contributed by atoms with Gasteiger partial charge in [-0.25, -0.2) is 4.79 Å². The monoisotopic (exact) mass is 768 g/mol. The topological polar surface area (TPSA) is 320 Å². The van der Waals surface area contributed by atoms with Crippen molar-refractivity contribution in [2.24, 2.45) is 39.8 Å². The van der Waals surface area contributed by atoms with Crippen molar-refractivity contribution in [1.82, 2.24) is 31.5 Å². The number of hydrogen-bond donors (Lipinski definition) is 10. The quantitative estimate of drug-likeness (QED) is 0.0293. The highest BCUT2D eigenvalue weighted by atomic mass is 16.4. The van der Waals surface area contributed by atoms with E-state index in [1.165, 1.54) is 18.7 Å². The van der Waals surface area contributed by atoms with Gasteiger partial charge < -0.3 is 59.5 Å². The highest BCUT2D eigenvalue weighted by molar-refractivity contribution is 5.97. The molecule has 0 aromatic carbocycles. The molecule has 9 atom stereocenters. The second-order valence-electron chi connectivity index (χ2n) is 14.1. The van der Waals surface area contributed by atoms with Gasteiger partial charge in [0.1, 0.15) is 36.3 Å². The molecule has 19 heteroatoms. The number of aliphatic imine (C=N–C) groups is 1. The van der Waals surface area contributed by atoms with Crippen molar-refractivity contribution in [2.45, 2.75) is 142 Å². The van der Waals surface area contributed by atoms with E-state index in [1.807, 2.05) is 13.8 Å². The van der Waals surface area contributed by atoms with Gasteiger partial charge in [-0.15, -0.1) is 0 Å². The van der Waals surface area contributed by atoms with E-state index in [9.17, 15) is 38.7 Å². The van der Waals surface area contributed by atoms with E-state index < -0.39 is 95.5 Å². The first-order valence-electron chi connectivity index (χ1n) is 19.0. The molecule has 0 bridgehead atoms. The first kappa shape index (κ1) is 47.5. The number of carbonyl (C=O) groups is 7. The first-order valence-corrected chi connectivity index (χ1v) is 19.0. The Morgan fingerprint density at radius 1 is 0.741 bits per heavy atom. The molecule has 1 heterocycles. The molecule has 54 heavy (non-hydrogen) atoms. The Hall–Kier alpha value is -4.52. The van der Waals surface area contributed by atoms with E-state index in [0.29, 0.717) is 51.5 Å². The number of carboxylic acids is 1. The lowest BCUT2D eigenvalue weighted by Gasteiger charge is -2.30. The van der Waals surface area contributed by atoms with Gasteiger partial charge in [0.2, 0.25) is 35.4 Å². The fraction of sp³-hybridized carbons (Fsp3) is 0.771. The molecule has 0 spiro atoms. The molecule has 6 amide bonds. The standard InChI is InChI=1S/C35H65N11O8/c1-7-19(3)26(31(50)42-22(6)33(52)46-18-12-15-25(46)34(53)54)45-30(49)24(14-11-17-40-35(38)39)43-32(51)27(20(4)8-2)44-28(47)21(5)41-29(48)23(37)13-9-10-16-36/h19-27H,7-18,36-37H2,1-6H3,(H,41,48)(H,42,50)(H,43,51)(H,44,47)(H,45,49)(H,53,54)(H4,38,39,40)/t19-,20-,21-,22-,23-,24-,25-,26-,27-/m0/s1. The summed E-state index contributed by atoms with van der Waals surface area (Å²) in [6, 6.07) is -7.34. The van der Waals surface area contributed by atoms with Crippen molar-refractivity contribution in [3.8, 4) is 0 Å². The van der Waals surface area contributed by atoms with E-state index in [2.05, 4.69) is 31.6 Å². The molecule has 0 aliphatic carbocycles. The minimum atomic E-state index is -1.20. The van der Waals surface area contributed by atoms with Crippen LogP contribution in [0.2, 0.25) is 0 Å². The summed E-state index contributed by atoms with van der Waals surface area (Å²) in [7, 11) is 0. The lowest BCUT2D eigenvalue weighted by Crippen LogP contribution is -2.61. The summed E-state index contributed by atoms with van der Waals surface area (Å²) < 4.78 is 0. The number of likely N-dealkylation sites (tertiary alicyclic amines) is 1. The summed E-state index contributed by atoms with van der Waals surface area (Å²) >= 11 is 0. The van der Waals surface area contributed by atoms with E-state index in [4.69, 9.17) is 22.9 Å². The number of hydrogen-bond acceptors (Lipinski definition) is 10. The minimum Gasteiger partial charge on any atom is -0.480 e. The molecule has 0 radical (unpaired) electrons. The van der Waals surface area contributed by atoms with E-state index in [1.54, 1.807) is 13.8 Å². The third-order valence-electron chi connectivity index (χ3n) is 9.77. The van der Waals surface area contributed by atoms with Crippen molar-refractivity contribution in [2.75, 3.05) is 19.6 Å². The molecule has 1 aliphatic heterocycles. The smallest absolute Gasteiger partial charge is 0.326 e. The average molecular weight is 768 g/mol. The van der Waals surface area contributed by atoms with Gasteiger partial charge >= 0.3 is 5.97 Å². The molecule has 1 fully saturated rings. The number of carbonyl (C=O) groups excluding carboxylic acids is 6. The molecule has 0 aromatic rings. The molecule has 1 rings (SSSR count). The van der Waals surface area contributed by atoms with Gasteiger partial charge in [0.25, 0.3) is 0 Å². The van der Waals surface area contributed by atoms with Gasteiger partial charge in [0, 0.05) is 13.1 Å². The fourth-order valence-electron chi connectivity index (χ4n) is 5.90. The van der Waals surface area contributed by atoms with Crippen LogP contribution in [-0.2, 0) is 33.6 Å². The molecule has 1 saturated heterocycles. The lowest BCUT2D eigenvalue weighted by molar-refractivity contribution is -0.149. The summed E-state index contributed by atoms with van der Waals surface area (Å²) in [6.45, 7) is 10.9. The molecular formula is C35H65N11O8. The number of nitrogens with zero attached hydrogens (tertiary/aromatic N) is 2. The number of unbranched alkanes of at least 4 members (excludes halogenated alkanes) is 1. The zero-order valence-corrected chi connectivity index (χ0v) is 32.7. The molecule has 0 aromatic heterocycles. The van der Waals surface area contributed by atoms with Crippen LogP contribution >= 0.6 is 0 Å². The largest absolute Gasteiger partial charge is 0.480 e. The molecular weight excluding hydrogens is 702 g/mol. The van der Waals surface area contributed by atoms with Crippen molar-refractivity contribution < 1.29 is 38.7 Å². The third-order valence-corrected chi connectivity index (χ3v) is 9.77. The van der Waals surface area contributed by atoms with Crippen molar-refractivity contribution >= 4 is 47.4 Å². The molecule has 19 nitrogen and oxygen atoms in total. The maximum atomic E-state index is 13.9. The second-order valence-corrected chi connectivity index (χ2v) is 14.1. The van der Waals surface area contributed by atoms with Crippen LogP contribution in [0.3, 0.4) is 0 Å². The van der Waals surface area contributed by atoms with E-state index in [-0.39, 0.29) is 31.9 Å². The highest BCUT2D eigenvalue weighted by Crippen LogP contribution is 2.19. The van der Waals surface area contributed by atoms with Crippen LogP contribution in [0, 0.1) is 11.8 Å². The normalized spacial score (nSPS) is 18.4. The van der Waals surface area contributed by atoms with Crippen LogP contribution in [0.25, 0.3) is 0 Å². The van der Waals surface area contributed by atoms with Gasteiger partial charge in [-0.3, -0.25) is 33.8 Å². The van der Waals surface area contributed by atoms with E-state index >= 15 is 0 Å². The predicted octanol–water partition coefficient (Wildman–Crippen LogP) is -1.87. The Balaban J connectivity index is 3.19. The van der Waals surface area contributed by atoms with Crippen LogP contribution in [0.4, 0.5) is 0 Å². The van der Waals surface area contributed by atoms with Gasteiger partial charge in [0.05, 0.1) is 6.04 Å². The van der Waals surface area contributed by atoms with Gasteiger partial charge in [-0.05, 0) is 70.8 Å². The summed E-state index contributed by atoms with van der Waals surface area (Å²) in [5.41, 5.74) is 22.4. The Bertz CT molecular complexity index is 1310. The highest BCUT2D eigenvalue weighted by Gasteiger charge is 2.38. The van der Waals surface area contributed by atoms with E-state index in [0.717, 1.165) is 0 Å². The number of carboxylic acid groups (broad SMARTS) is 1. The van der Waals surface area contributed by atoms with Gasteiger partial charge in [-0.1, -0.05) is 47.0 Å². The van der Waals surface area contributed by atoms with Crippen LogP contribution in [0.15, 0.2) is 4.99 Å². The van der Waals surface area contributed by atoms with Crippen molar-refractivity contribution in [3.05, 3.63) is 0 Å². The maximum Gasteiger partial charge on any atom is 0.326 e. The van der Waals surface area contributed by atoms with Crippen LogP contribution < -0.4 is 49.5 Å². The zero-order valence-electron chi connectivity index (χ0n) is 32.7. The van der Waals surface area contributed by atoms with Gasteiger partial charge in [0.15, 0.2) is 5.96 Å². The number of guanidine groups is 1. The summed E-state index contributed by atoms with van der Waals surface area (Å²) in [4.78, 5) is 97.0. The number of rotatable bonds is 24. The molecule has 0 unspecified atom stereocenters. The zero-order chi connectivity index (χ0) is 41.1. The summed E-state index contributed by atoms with van der Waals surface area (Å²) in [5.74, 6) is -5.81. The van der Waals surface area contributed by atoms with Crippen LogP contribution in [0.1, 0.15) is 99.3 Å². The molecule has 1 aliphatic rings. The number of amides is 6. The number of nitrogens with one attached hydrogen (secondary N) is 5. The van der Waals surface area contributed by atoms with Crippen molar-refractivity contribution in [1.29, 1.82) is 0 Å². The first-order chi connectivity index (χ1) is 25.4. The van der Waals surface area contributed by atoms with Crippen LogP contribution in [0.5, 0.6) is 0 Å². The second kappa shape index (κ2) is 24.0.